The molecule has 17 heavy (non-hydrogen) atoms. The fraction of sp³-hybridized carbons (Fsp3) is 0.545. The van der Waals surface area contributed by atoms with Crippen molar-refractivity contribution in [2.75, 3.05) is 31.6 Å². The molecule has 1 aliphatic heterocycles. The molecule has 1 fully saturated rings. The highest BCUT2D eigenvalue weighted by molar-refractivity contribution is 14.1. The Hall–Kier alpha value is -0.920. The van der Waals surface area contributed by atoms with E-state index in [0.717, 1.165) is 35.3 Å². The van der Waals surface area contributed by atoms with Crippen molar-refractivity contribution in [2.24, 2.45) is 0 Å². The number of halogens is 1. The van der Waals surface area contributed by atoms with Crippen molar-refractivity contribution in [1.82, 2.24) is 14.9 Å². The zero-order chi connectivity index (χ0) is 12.3. The van der Waals surface area contributed by atoms with Crippen molar-refractivity contribution in [2.45, 2.75) is 12.8 Å². The molecule has 1 saturated heterocycles. The molecule has 1 aromatic rings. The molecular weight excluding hydrogens is 331 g/mol. The van der Waals surface area contributed by atoms with Gasteiger partial charge in [0.1, 0.15) is 12.1 Å². The number of likely N-dealkylation sites (tertiary alicyclic amines) is 1. The minimum atomic E-state index is 0.180. The van der Waals surface area contributed by atoms with Crippen LogP contribution in [0.15, 0.2) is 12.5 Å². The van der Waals surface area contributed by atoms with Crippen LogP contribution in [0.2, 0.25) is 0 Å². The van der Waals surface area contributed by atoms with E-state index in [-0.39, 0.29) is 5.91 Å². The van der Waals surface area contributed by atoms with E-state index in [0.29, 0.717) is 6.54 Å². The SMILES string of the molecule is CN(CC(=O)N1CCCC1)c1ncncc1I. The lowest BCUT2D eigenvalue weighted by Gasteiger charge is -2.22. The number of carbonyl (C=O) groups is 1. The van der Waals surface area contributed by atoms with E-state index in [9.17, 15) is 4.79 Å². The van der Waals surface area contributed by atoms with Crippen molar-refractivity contribution < 1.29 is 4.79 Å². The first-order chi connectivity index (χ1) is 8.18. The molecule has 5 nitrogen and oxygen atoms in total. The van der Waals surface area contributed by atoms with Crippen molar-refractivity contribution >= 4 is 34.3 Å². The van der Waals surface area contributed by atoms with E-state index in [1.54, 1.807) is 6.20 Å². The van der Waals surface area contributed by atoms with Crippen molar-refractivity contribution in [3.05, 3.63) is 16.1 Å². The van der Waals surface area contributed by atoms with Gasteiger partial charge in [0, 0.05) is 26.3 Å². The predicted octanol–water partition coefficient (Wildman–Crippen LogP) is 1.14. The Kier molecular flexibility index (Phi) is 4.14. The van der Waals surface area contributed by atoms with Crippen LogP contribution in [0.3, 0.4) is 0 Å². The third-order valence-electron chi connectivity index (χ3n) is 2.84. The number of nitrogens with zero attached hydrogens (tertiary/aromatic N) is 4. The average Bonchev–Trinajstić information content (AvgIpc) is 2.82. The summed E-state index contributed by atoms with van der Waals surface area (Å²) < 4.78 is 0.960. The Balaban J connectivity index is 1.99. The Morgan fingerprint density at radius 3 is 2.88 bits per heavy atom. The molecular formula is C11H15IN4O. The molecule has 0 radical (unpaired) electrons. The third kappa shape index (κ3) is 3.05. The Morgan fingerprint density at radius 2 is 2.24 bits per heavy atom. The summed E-state index contributed by atoms with van der Waals surface area (Å²) in [5.41, 5.74) is 0. The number of aromatic nitrogens is 2. The van der Waals surface area contributed by atoms with Gasteiger partial charge in [-0.05, 0) is 35.4 Å². The van der Waals surface area contributed by atoms with Gasteiger partial charge in [-0.1, -0.05) is 0 Å². The van der Waals surface area contributed by atoms with Crippen molar-refractivity contribution in [3.8, 4) is 0 Å². The Morgan fingerprint density at radius 1 is 1.53 bits per heavy atom. The molecule has 1 aromatic heterocycles. The van der Waals surface area contributed by atoms with E-state index in [1.807, 2.05) is 16.8 Å². The molecule has 2 rings (SSSR count). The van der Waals surface area contributed by atoms with Crippen LogP contribution in [0.1, 0.15) is 12.8 Å². The average molecular weight is 346 g/mol. The minimum absolute atomic E-state index is 0.180. The molecule has 92 valence electrons. The van der Waals surface area contributed by atoms with Gasteiger partial charge in [-0.15, -0.1) is 0 Å². The fourth-order valence-electron chi connectivity index (χ4n) is 1.93. The van der Waals surface area contributed by atoms with E-state index in [2.05, 4.69) is 32.6 Å². The molecule has 2 heterocycles. The molecule has 1 aliphatic rings. The lowest BCUT2D eigenvalue weighted by Crippen LogP contribution is -2.37. The number of likely N-dealkylation sites (N-methyl/N-ethyl adjacent to an activating group) is 1. The zero-order valence-electron chi connectivity index (χ0n) is 9.77. The second-order valence-corrected chi connectivity index (χ2v) is 5.30. The van der Waals surface area contributed by atoms with E-state index >= 15 is 0 Å². The number of rotatable bonds is 3. The van der Waals surface area contributed by atoms with Gasteiger partial charge < -0.3 is 9.80 Å². The van der Waals surface area contributed by atoms with Gasteiger partial charge in [0.2, 0.25) is 5.91 Å². The van der Waals surface area contributed by atoms with Gasteiger partial charge in [-0.25, -0.2) is 9.97 Å². The maximum absolute atomic E-state index is 12.0. The Labute approximate surface area is 114 Å². The summed E-state index contributed by atoms with van der Waals surface area (Å²) in [4.78, 5) is 23.9. The summed E-state index contributed by atoms with van der Waals surface area (Å²) in [6.45, 7) is 2.17. The first-order valence-electron chi connectivity index (χ1n) is 5.63. The summed E-state index contributed by atoms with van der Waals surface area (Å²) >= 11 is 2.18. The number of anilines is 1. The molecule has 6 heteroatoms. The highest BCUT2D eigenvalue weighted by Gasteiger charge is 2.20. The second-order valence-electron chi connectivity index (χ2n) is 4.14. The van der Waals surface area contributed by atoms with Gasteiger partial charge in [-0.3, -0.25) is 4.79 Å². The lowest BCUT2D eigenvalue weighted by atomic mass is 10.4. The number of amides is 1. The van der Waals surface area contributed by atoms with Gasteiger partial charge in [0.15, 0.2) is 0 Å². The van der Waals surface area contributed by atoms with Crippen LogP contribution in [0.4, 0.5) is 5.82 Å². The predicted molar refractivity (Wildman–Crippen MR) is 73.8 cm³/mol. The van der Waals surface area contributed by atoms with Crippen molar-refractivity contribution in [3.63, 3.8) is 0 Å². The molecule has 0 aliphatic carbocycles. The Bertz CT molecular complexity index is 406. The second kappa shape index (κ2) is 5.61. The molecule has 0 aromatic carbocycles. The summed E-state index contributed by atoms with van der Waals surface area (Å²) in [6.07, 6.45) is 5.51. The fourth-order valence-corrected chi connectivity index (χ4v) is 2.64. The number of hydrogen-bond acceptors (Lipinski definition) is 4. The van der Waals surface area contributed by atoms with E-state index < -0.39 is 0 Å². The summed E-state index contributed by atoms with van der Waals surface area (Å²) in [5, 5.41) is 0. The highest BCUT2D eigenvalue weighted by Crippen LogP contribution is 2.17. The molecule has 0 N–H and O–H groups in total. The van der Waals surface area contributed by atoms with Gasteiger partial charge in [0.25, 0.3) is 0 Å². The molecule has 0 saturated carbocycles. The molecule has 1 amide bonds. The van der Waals surface area contributed by atoms with Crippen LogP contribution in [-0.4, -0.2) is 47.5 Å². The zero-order valence-corrected chi connectivity index (χ0v) is 11.9. The summed E-state index contributed by atoms with van der Waals surface area (Å²) in [6, 6.07) is 0. The topological polar surface area (TPSA) is 49.3 Å². The van der Waals surface area contributed by atoms with Crippen molar-refractivity contribution in [1.29, 1.82) is 0 Å². The van der Waals surface area contributed by atoms with Crippen LogP contribution < -0.4 is 4.90 Å². The van der Waals surface area contributed by atoms with E-state index in [4.69, 9.17) is 0 Å². The largest absolute Gasteiger partial charge is 0.349 e. The first kappa shape index (κ1) is 12.5. The smallest absolute Gasteiger partial charge is 0.242 e. The quantitative estimate of drug-likeness (QED) is 0.771. The molecule has 0 bridgehead atoms. The standard InChI is InChI=1S/C11H15IN4O/c1-15(11-9(12)6-13-8-14-11)7-10(17)16-4-2-3-5-16/h6,8H,2-5,7H2,1H3. The molecule has 0 spiro atoms. The van der Waals surface area contributed by atoms with Crippen LogP contribution in [-0.2, 0) is 4.79 Å². The van der Waals surface area contributed by atoms with Crippen LogP contribution in [0.25, 0.3) is 0 Å². The van der Waals surface area contributed by atoms with Crippen LogP contribution >= 0.6 is 22.6 Å². The normalized spacial score (nSPS) is 15.1. The van der Waals surface area contributed by atoms with Gasteiger partial charge in [-0.2, -0.15) is 0 Å². The maximum Gasteiger partial charge on any atom is 0.242 e. The maximum atomic E-state index is 12.0. The monoisotopic (exact) mass is 346 g/mol. The van der Waals surface area contributed by atoms with E-state index in [1.165, 1.54) is 6.33 Å². The lowest BCUT2D eigenvalue weighted by molar-refractivity contribution is -0.128. The van der Waals surface area contributed by atoms with Gasteiger partial charge in [0.05, 0.1) is 10.1 Å². The van der Waals surface area contributed by atoms with Crippen LogP contribution in [0.5, 0.6) is 0 Å². The van der Waals surface area contributed by atoms with Gasteiger partial charge >= 0.3 is 0 Å². The first-order valence-corrected chi connectivity index (χ1v) is 6.71. The third-order valence-corrected chi connectivity index (χ3v) is 3.60. The number of hydrogen-bond donors (Lipinski definition) is 0. The van der Waals surface area contributed by atoms with Crippen LogP contribution in [0, 0.1) is 3.57 Å². The molecule has 0 atom stereocenters. The number of carbonyl (C=O) groups excluding carboxylic acids is 1. The summed E-state index contributed by atoms with van der Waals surface area (Å²) in [5.74, 6) is 0.993. The summed E-state index contributed by atoms with van der Waals surface area (Å²) in [7, 11) is 1.89. The molecule has 0 unspecified atom stereocenters. The minimum Gasteiger partial charge on any atom is -0.349 e. The highest BCUT2D eigenvalue weighted by atomic mass is 127.